The van der Waals surface area contributed by atoms with Gasteiger partial charge < -0.3 is 0 Å². The van der Waals surface area contributed by atoms with Gasteiger partial charge in [0.2, 0.25) is 0 Å². The van der Waals surface area contributed by atoms with Crippen molar-refractivity contribution in [1.82, 2.24) is 0 Å². The Morgan fingerprint density at radius 1 is 0.762 bits per heavy atom. The molecule has 5 heteroatoms. The molecule has 0 amide bonds. The molecule has 0 aliphatic rings. The summed E-state index contributed by atoms with van der Waals surface area (Å²) in [4.78, 5) is 0. The maximum absolute atomic E-state index is 5.39. The van der Waals surface area contributed by atoms with Crippen LogP contribution in [0.15, 0.2) is 30.3 Å². The summed E-state index contributed by atoms with van der Waals surface area (Å²) >= 11 is 3.06. The molecule has 2 rings (SSSR count). The fraction of sp³-hybridized carbons (Fsp3) is 0.250. The summed E-state index contributed by atoms with van der Waals surface area (Å²) in [6.07, 6.45) is 0. The van der Waals surface area contributed by atoms with Crippen molar-refractivity contribution in [1.29, 1.82) is 0 Å². The van der Waals surface area contributed by atoms with Gasteiger partial charge in [-0.1, -0.05) is 0 Å². The van der Waals surface area contributed by atoms with E-state index in [0.717, 1.165) is 21.3 Å². The molecule has 0 heterocycles. The first-order valence-electron chi connectivity index (χ1n) is 6.30. The van der Waals surface area contributed by atoms with Crippen LogP contribution in [0.3, 0.4) is 0 Å². The molecule has 21 heavy (non-hydrogen) atoms. The van der Waals surface area contributed by atoms with Gasteiger partial charge >= 0.3 is 132 Å². The number of hydrogen-bond donors (Lipinski definition) is 0. The van der Waals surface area contributed by atoms with E-state index in [9.17, 15) is 0 Å². The van der Waals surface area contributed by atoms with Gasteiger partial charge in [0, 0.05) is 0 Å². The minimum absolute atomic E-state index is 0.577. The summed E-state index contributed by atoms with van der Waals surface area (Å²) in [7, 11) is 6.44. The summed E-state index contributed by atoms with van der Waals surface area (Å²) in [6, 6.07) is 9.67. The number of methoxy groups -OCH3 is 4. The average molecular weight is 352 g/mol. The van der Waals surface area contributed by atoms with Gasteiger partial charge in [0.25, 0.3) is 0 Å². The Morgan fingerprint density at radius 2 is 1.38 bits per heavy atom. The summed E-state index contributed by atoms with van der Waals surface area (Å²) in [5.74, 6) is 2.61. The van der Waals surface area contributed by atoms with E-state index in [-0.39, 0.29) is 0 Å². The van der Waals surface area contributed by atoms with Gasteiger partial charge in [-0.2, -0.15) is 0 Å². The predicted molar refractivity (Wildman–Crippen MR) is 83.5 cm³/mol. The molecular formula is C16H17O4Se. The molecule has 0 aliphatic heterocycles. The van der Waals surface area contributed by atoms with Crippen LogP contribution in [0, 0.1) is 0 Å². The van der Waals surface area contributed by atoms with Crippen LogP contribution in [0.25, 0.3) is 11.1 Å². The fourth-order valence-corrected chi connectivity index (χ4v) is 2.61. The summed E-state index contributed by atoms with van der Waals surface area (Å²) in [5, 5.41) is 0. The second-order valence-electron chi connectivity index (χ2n) is 4.28. The van der Waals surface area contributed by atoms with Crippen molar-refractivity contribution in [2.75, 3.05) is 28.4 Å². The van der Waals surface area contributed by atoms with E-state index in [2.05, 4.69) is 16.0 Å². The van der Waals surface area contributed by atoms with Crippen molar-refractivity contribution in [2.45, 2.75) is 0 Å². The summed E-state index contributed by atoms with van der Waals surface area (Å²) in [6.45, 7) is 0. The third kappa shape index (κ3) is 3.09. The SMILES string of the molecule is COc1ccc([Se])c(-c2cc(OC)c(OC)c(OC)c2)c1. The quantitative estimate of drug-likeness (QED) is 0.773. The standard InChI is InChI=1S/C16H17O4Se/c1-17-11-5-6-15(21)12(9-11)10-7-13(18-2)16(20-4)14(8-10)19-3/h5-9H,1-4H3. The fourth-order valence-electron chi connectivity index (χ4n) is 2.10. The molecule has 0 aliphatic carbocycles. The Morgan fingerprint density at radius 3 is 1.86 bits per heavy atom. The van der Waals surface area contributed by atoms with Crippen molar-refractivity contribution in [3.8, 4) is 34.1 Å². The van der Waals surface area contributed by atoms with Crippen molar-refractivity contribution >= 4 is 20.5 Å². The Hall–Kier alpha value is -1.84. The Bertz CT molecular complexity index is 615. The van der Waals surface area contributed by atoms with Crippen LogP contribution < -0.4 is 23.4 Å². The van der Waals surface area contributed by atoms with Gasteiger partial charge in [-0.25, -0.2) is 0 Å². The molecule has 0 unspecified atom stereocenters. The maximum atomic E-state index is 5.39. The second-order valence-corrected chi connectivity index (χ2v) is 5.20. The minimum atomic E-state index is 0.577. The van der Waals surface area contributed by atoms with Crippen LogP contribution in [0.2, 0.25) is 0 Å². The number of benzene rings is 2. The van der Waals surface area contributed by atoms with Crippen LogP contribution in [-0.2, 0) is 0 Å². The van der Waals surface area contributed by atoms with E-state index in [1.165, 1.54) is 0 Å². The summed E-state index contributed by atoms with van der Waals surface area (Å²) < 4.78 is 22.4. The van der Waals surface area contributed by atoms with Crippen LogP contribution >= 0.6 is 0 Å². The van der Waals surface area contributed by atoms with Crippen LogP contribution in [0.5, 0.6) is 23.0 Å². The number of ether oxygens (including phenoxy) is 4. The van der Waals surface area contributed by atoms with Crippen LogP contribution in [0.4, 0.5) is 0 Å². The van der Waals surface area contributed by atoms with Crippen LogP contribution in [0.1, 0.15) is 0 Å². The van der Waals surface area contributed by atoms with E-state index in [1.54, 1.807) is 28.4 Å². The molecule has 0 saturated heterocycles. The normalized spacial score (nSPS) is 10.1. The zero-order chi connectivity index (χ0) is 15.4. The molecule has 1 radical (unpaired) electrons. The molecule has 2 aromatic rings. The molecule has 0 bridgehead atoms. The molecule has 111 valence electrons. The van der Waals surface area contributed by atoms with Crippen molar-refractivity contribution in [3.05, 3.63) is 30.3 Å². The first-order chi connectivity index (χ1) is 10.1. The topological polar surface area (TPSA) is 36.9 Å². The third-order valence-corrected chi connectivity index (χ3v) is 3.91. The number of rotatable bonds is 5. The van der Waals surface area contributed by atoms with Crippen molar-refractivity contribution in [2.24, 2.45) is 0 Å². The number of hydrogen-bond acceptors (Lipinski definition) is 4. The molecule has 0 N–H and O–H groups in total. The van der Waals surface area contributed by atoms with E-state index >= 15 is 0 Å². The van der Waals surface area contributed by atoms with Crippen LogP contribution in [-0.4, -0.2) is 44.5 Å². The molecule has 2 aromatic carbocycles. The third-order valence-electron chi connectivity index (χ3n) is 3.16. The van der Waals surface area contributed by atoms with Gasteiger partial charge in [0.05, 0.1) is 0 Å². The first kappa shape index (κ1) is 15.5. The van der Waals surface area contributed by atoms with Crippen molar-refractivity contribution < 1.29 is 18.9 Å². The second kappa shape index (κ2) is 6.74. The first-order valence-corrected chi connectivity index (χ1v) is 7.15. The molecule has 0 atom stereocenters. The van der Waals surface area contributed by atoms with Gasteiger partial charge in [0.15, 0.2) is 0 Å². The molecular weight excluding hydrogens is 335 g/mol. The van der Waals surface area contributed by atoms with E-state index in [4.69, 9.17) is 18.9 Å². The van der Waals surface area contributed by atoms with Gasteiger partial charge in [-0.15, -0.1) is 0 Å². The molecule has 4 nitrogen and oxygen atoms in total. The Balaban J connectivity index is 2.64. The average Bonchev–Trinajstić information content (AvgIpc) is 2.53. The van der Waals surface area contributed by atoms with Crippen molar-refractivity contribution in [3.63, 3.8) is 0 Å². The molecule has 0 saturated carbocycles. The van der Waals surface area contributed by atoms with E-state index in [0.29, 0.717) is 17.2 Å². The van der Waals surface area contributed by atoms with Gasteiger partial charge in [-0.3, -0.25) is 0 Å². The predicted octanol–water partition coefficient (Wildman–Crippen LogP) is 2.18. The van der Waals surface area contributed by atoms with Gasteiger partial charge in [0.1, 0.15) is 0 Å². The zero-order valence-corrected chi connectivity index (χ0v) is 14.1. The molecule has 0 aromatic heterocycles. The van der Waals surface area contributed by atoms with Gasteiger partial charge in [-0.05, 0) is 0 Å². The molecule has 0 spiro atoms. The molecule has 0 fully saturated rings. The van der Waals surface area contributed by atoms with E-state index in [1.807, 2.05) is 30.3 Å². The zero-order valence-electron chi connectivity index (χ0n) is 12.4. The Kier molecular flexibility index (Phi) is 4.99. The summed E-state index contributed by atoms with van der Waals surface area (Å²) in [5.41, 5.74) is 1.96. The van der Waals surface area contributed by atoms with E-state index < -0.39 is 0 Å². The monoisotopic (exact) mass is 353 g/mol. The Labute approximate surface area is 132 Å².